The lowest BCUT2D eigenvalue weighted by atomic mass is 9.71. The Morgan fingerprint density at radius 3 is 2.67 bits per heavy atom. The number of ether oxygens (including phenoxy) is 2. The van der Waals surface area contributed by atoms with Gasteiger partial charge in [-0.3, -0.25) is 0 Å². The van der Waals surface area contributed by atoms with E-state index in [0.29, 0.717) is 13.2 Å². The van der Waals surface area contributed by atoms with Crippen molar-refractivity contribution in [3.8, 4) is 11.5 Å². The Labute approximate surface area is 116 Å². The smallest absolute Gasteiger partial charge is 0.164 e. The molecule has 2 aliphatic rings. The Kier molecular flexibility index (Phi) is 3.02. The second-order valence-electron chi connectivity index (χ2n) is 5.10. The highest BCUT2D eigenvalue weighted by atomic mass is 79.9. The number of fused-ring (bicyclic) bond motifs is 1. The Balaban J connectivity index is 2.18. The lowest BCUT2D eigenvalue weighted by molar-refractivity contribution is 0.167. The molecule has 2 N–H and O–H groups in total. The third-order valence-corrected chi connectivity index (χ3v) is 4.61. The molecule has 1 fully saturated rings. The van der Waals surface area contributed by atoms with Crippen LogP contribution in [-0.2, 0) is 12.0 Å². The summed E-state index contributed by atoms with van der Waals surface area (Å²) in [5.74, 6) is 1.75. The van der Waals surface area contributed by atoms with Crippen molar-refractivity contribution in [3.05, 3.63) is 21.7 Å². The molecule has 1 heterocycles. The highest BCUT2D eigenvalue weighted by molar-refractivity contribution is 9.10. The molecule has 1 aliphatic heterocycles. The van der Waals surface area contributed by atoms with Crippen LogP contribution in [0, 0.1) is 0 Å². The first kappa shape index (κ1) is 12.3. The predicted octanol–water partition coefficient (Wildman–Crippen LogP) is 3.12. The molecule has 0 saturated heterocycles. The van der Waals surface area contributed by atoms with Gasteiger partial charge < -0.3 is 15.2 Å². The summed E-state index contributed by atoms with van der Waals surface area (Å²) in [7, 11) is 0. The van der Waals surface area contributed by atoms with E-state index >= 15 is 0 Å². The molecule has 1 aliphatic carbocycles. The van der Waals surface area contributed by atoms with Crippen molar-refractivity contribution in [3.63, 3.8) is 0 Å². The minimum Gasteiger partial charge on any atom is -0.486 e. The molecule has 0 radical (unpaired) electrons. The number of rotatable bonds is 2. The molecule has 1 aromatic carbocycles. The van der Waals surface area contributed by atoms with Crippen LogP contribution in [0.1, 0.15) is 37.3 Å². The van der Waals surface area contributed by atoms with Crippen LogP contribution in [0.3, 0.4) is 0 Å². The van der Waals surface area contributed by atoms with Gasteiger partial charge in [0.25, 0.3) is 0 Å². The van der Waals surface area contributed by atoms with Gasteiger partial charge in [0.1, 0.15) is 13.2 Å². The average Bonchev–Trinajstić information content (AvgIpc) is 2.34. The van der Waals surface area contributed by atoms with Gasteiger partial charge >= 0.3 is 0 Å². The second-order valence-corrected chi connectivity index (χ2v) is 5.95. The van der Waals surface area contributed by atoms with Gasteiger partial charge in [0, 0.05) is 15.6 Å². The van der Waals surface area contributed by atoms with E-state index in [1.54, 1.807) is 0 Å². The van der Waals surface area contributed by atoms with Gasteiger partial charge in [-0.1, -0.05) is 22.9 Å². The number of nitrogens with two attached hydrogens (primary N) is 1. The maximum absolute atomic E-state index is 6.51. The molecular weight excluding hydrogens is 294 g/mol. The van der Waals surface area contributed by atoms with Crippen LogP contribution in [-0.4, -0.2) is 13.2 Å². The molecule has 0 bridgehead atoms. The monoisotopic (exact) mass is 311 g/mol. The summed E-state index contributed by atoms with van der Waals surface area (Å²) in [6.07, 6.45) is 4.23. The first-order valence-electron chi connectivity index (χ1n) is 6.56. The fraction of sp³-hybridized carbons (Fsp3) is 0.571. The number of hydrogen-bond acceptors (Lipinski definition) is 3. The Morgan fingerprint density at radius 2 is 2.06 bits per heavy atom. The summed E-state index contributed by atoms with van der Waals surface area (Å²) in [5.41, 5.74) is 8.76. The van der Waals surface area contributed by atoms with Crippen LogP contribution < -0.4 is 15.2 Å². The van der Waals surface area contributed by atoms with Crippen LogP contribution in [0.2, 0.25) is 0 Å². The van der Waals surface area contributed by atoms with E-state index in [1.807, 2.05) is 6.07 Å². The van der Waals surface area contributed by atoms with Crippen molar-refractivity contribution < 1.29 is 9.47 Å². The van der Waals surface area contributed by atoms with Crippen LogP contribution in [0.5, 0.6) is 11.5 Å². The van der Waals surface area contributed by atoms with Gasteiger partial charge in [-0.15, -0.1) is 0 Å². The fourth-order valence-corrected chi connectivity index (χ4v) is 3.75. The molecule has 3 nitrogen and oxygen atoms in total. The maximum Gasteiger partial charge on any atom is 0.164 e. The Morgan fingerprint density at radius 1 is 1.33 bits per heavy atom. The SMILES string of the molecule is CCc1c2c(cc(Br)c1C1(N)CCC1)OCCO2. The van der Waals surface area contributed by atoms with Crippen LogP contribution in [0.4, 0.5) is 0 Å². The van der Waals surface area contributed by atoms with E-state index in [-0.39, 0.29) is 5.54 Å². The van der Waals surface area contributed by atoms with Crippen molar-refractivity contribution in [2.24, 2.45) is 5.73 Å². The third kappa shape index (κ3) is 1.74. The predicted molar refractivity (Wildman–Crippen MR) is 74.2 cm³/mol. The summed E-state index contributed by atoms with van der Waals surface area (Å²) in [6, 6.07) is 2.01. The van der Waals surface area contributed by atoms with E-state index in [1.165, 1.54) is 17.5 Å². The van der Waals surface area contributed by atoms with Gasteiger partial charge in [-0.25, -0.2) is 0 Å². The molecule has 0 unspecified atom stereocenters. The summed E-state index contributed by atoms with van der Waals surface area (Å²) in [4.78, 5) is 0. The van der Waals surface area contributed by atoms with Crippen molar-refractivity contribution in [1.29, 1.82) is 0 Å². The summed E-state index contributed by atoms with van der Waals surface area (Å²) < 4.78 is 12.5. The molecule has 0 atom stereocenters. The highest BCUT2D eigenvalue weighted by Gasteiger charge is 2.39. The third-order valence-electron chi connectivity index (χ3n) is 3.98. The van der Waals surface area contributed by atoms with E-state index < -0.39 is 0 Å². The van der Waals surface area contributed by atoms with Crippen molar-refractivity contribution in [2.45, 2.75) is 38.1 Å². The molecule has 4 heteroatoms. The molecule has 3 rings (SSSR count). The van der Waals surface area contributed by atoms with Crippen LogP contribution in [0.15, 0.2) is 10.5 Å². The van der Waals surface area contributed by atoms with Gasteiger partial charge in [-0.2, -0.15) is 0 Å². The van der Waals surface area contributed by atoms with Gasteiger partial charge in [0.05, 0.1) is 0 Å². The molecule has 1 saturated carbocycles. The topological polar surface area (TPSA) is 44.5 Å². The molecule has 0 aromatic heterocycles. The van der Waals surface area contributed by atoms with E-state index in [4.69, 9.17) is 15.2 Å². The largest absolute Gasteiger partial charge is 0.486 e. The second kappa shape index (κ2) is 4.42. The first-order chi connectivity index (χ1) is 8.65. The highest BCUT2D eigenvalue weighted by Crippen LogP contribution is 2.49. The Hall–Kier alpha value is -0.740. The summed E-state index contributed by atoms with van der Waals surface area (Å²) in [5, 5.41) is 0. The van der Waals surface area contributed by atoms with Crippen molar-refractivity contribution >= 4 is 15.9 Å². The zero-order valence-electron chi connectivity index (χ0n) is 10.6. The fourth-order valence-electron chi connectivity index (χ4n) is 2.90. The maximum atomic E-state index is 6.51. The zero-order valence-corrected chi connectivity index (χ0v) is 12.2. The lowest BCUT2D eigenvalue weighted by Gasteiger charge is -2.41. The zero-order chi connectivity index (χ0) is 12.8. The normalized spacial score (nSPS) is 20.4. The average molecular weight is 312 g/mol. The van der Waals surface area contributed by atoms with Gasteiger partial charge in [0.2, 0.25) is 0 Å². The quantitative estimate of drug-likeness (QED) is 0.912. The number of hydrogen-bond donors (Lipinski definition) is 1. The molecule has 0 amide bonds. The minimum absolute atomic E-state index is 0.181. The standard InChI is InChI=1S/C14H18BrNO2/c1-2-9-12(14(16)4-3-5-14)10(15)8-11-13(9)18-7-6-17-11/h8H,2-7,16H2,1H3. The summed E-state index contributed by atoms with van der Waals surface area (Å²) in [6.45, 7) is 3.39. The van der Waals surface area contributed by atoms with Crippen molar-refractivity contribution in [2.75, 3.05) is 13.2 Å². The minimum atomic E-state index is -0.181. The van der Waals surface area contributed by atoms with Gasteiger partial charge in [0.15, 0.2) is 11.5 Å². The van der Waals surface area contributed by atoms with Crippen molar-refractivity contribution in [1.82, 2.24) is 0 Å². The summed E-state index contributed by atoms with van der Waals surface area (Å²) >= 11 is 3.66. The Bertz CT molecular complexity index is 483. The number of benzene rings is 1. The van der Waals surface area contributed by atoms with E-state index in [9.17, 15) is 0 Å². The number of halogens is 1. The molecule has 1 aromatic rings. The van der Waals surface area contributed by atoms with E-state index in [0.717, 1.165) is 35.2 Å². The molecular formula is C14H18BrNO2. The molecule has 98 valence electrons. The molecule has 0 spiro atoms. The van der Waals surface area contributed by atoms with Crippen LogP contribution >= 0.6 is 15.9 Å². The molecule has 18 heavy (non-hydrogen) atoms. The van der Waals surface area contributed by atoms with Crippen LogP contribution in [0.25, 0.3) is 0 Å². The first-order valence-corrected chi connectivity index (χ1v) is 7.35. The lowest BCUT2D eigenvalue weighted by Crippen LogP contribution is -2.44. The van der Waals surface area contributed by atoms with Gasteiger partial charge in [-0.05, 0) is 37.3 Å². The van der Waals surface area contributed by atoms with E-state index in [2.05, 4.69) is 22.9 Å².